The van der Waals surface area contributed by atoms with Gasteiger partial charge in [-0.2, -0.15) is 5.26 Å². The largest absolute Gasteiger partial charge is 0.192 e. The smallest absolute Gasteiger partial charge is 0.0998 e. The normalized spacial score (nSPS) is 9.94. The molecule has 0 radical (unpaired) electrons. The van der Waals surface area contributed by atoms with Crippen molar-refractivity contribution in [1.29, 1.82) is 5.26 Å². The van der Waals surface area contributed by atoms with E-state index in [-0.39, 0.29) is 0 Å². The third kappa shape index (κ3) is 2.50. The van der Waals surface area contributed by atoms with Gasteiger partial charge < -0.3 is 0 Å². The van der Waals surface area contributed by atoms with Crippen LogP contribution in [0, 0.1) is 14.9 Å². The average Bonchev–Trinajstić information content (AvgIpc) is 2.38. The molecule has 0 saturated carbocycles. The Bertz CT molecular complexity index is 582. The van der Waals surface area contributed by atoms with Gasteiger partial charge in [-0.25, -0.2) is 0 Å². The molecule has 2 heteroatoms. The van der Waals surface area contributed by atoms with E-state index in [2.05, 4.69) is 53.8 Å². The zero-order valence-electron chi connectivity index (χ0n) is 9.57. The molecule has 0 unspecified atom stereocenters. The first-order chi connectivity index (χ1) is 8.26. The van der Waals surface area contributed by atoms with Crippen LogP contribution in [0.3, 0.4) is 0 Å². The fraction of sp³-hybridized carbons (Fsp3) is 0.133. The summed E-state index contributed by atoms with van der Waals surface area (Å²) in [6.45, 7) is 2.15. The zero-order chi connectivity index (χ0) is 12.3. The van der Waals surface area contributed by atoms with Crippen LogP contribution in [0.15, 0.2) is 42.5 Å². The molecule has 2 rings (SSSR count). The SMILES string of the molecule is CCc1ccc(-c2ccccc2C#N)c(I)c1. The summed E-state index contributed by atoms with van der Waals surface area (Å²) < 4.78 is 1.20. The number of aryl methyl sites for hydroxylation is 1. The van der Waals surface area contributed by atoms with E-state index in [4.69, 9.17) is 5.26 Å². The molecule has 0 amide bonds. The Morgan fingerprint density at radius 1 is 1.12 bits per heavy atom. The molecule has 0 aliphatic rings. The van der Waals surface area contributed by atoms with Crippen LogP contribution in [-0.2, 0) is 6.42 Å². The lowest BCUT2D eigenvalue weighted by atomic mass is 9.99. The maximum atomic E-state index is 9.12. The Morgan fingerprint density at radius 2 is 1.88 bits per heavy atom. The van der Waals surface area contributed by atoms with Gasteiger partial charge in [-0.15, -0.1) is 0 Å². The standard InChI is InChI=1S/C15H12IN/c1-2-11-7-8-14(15(16)9-11)13-6-4-3-5-12(13)10-17/h3-9H,2H2,1H3. The summed E-state index contributed by atoms with van der Waals surface area (Å²) in [6.07, 6.45) is 1.04. The second-order valence-corrected chi connectivity index (χ2v) is 4.99. The van der Waals surface area contributed by atoms with E-state index >= 15 is 0 Å². The van der Waals surface area contributed by atoms with Crippen molar-refractivity contribution in [2.75, 3.05) is 0 Å². The predicted molar refractivity (Wildman–Crippen MR) is 78.7 cm³/mol. The summed E-state index contributed by atoms with van der Waals surface area (Å²) in [5.41, 5.74) is 4.21. The summed E-state index contributed by atoms with van der Waals surface area (Å²) in [7, 11) is 0. The highest BCUT2D eigenvalue weighted by molar-refractivity contribution is 14.1. The average molecular weight is 333 g/mol. The molecule has 0 atom stereocenters. The van der Waals surface area contributed by atoms with E-state index < -0.39 is 0 Å². The monoisotopic (exact) mass is 333 g/mol. The van der Waals surface area contributed by atoms with E-state index in [0.717, 1.165) is 23.1 Å². The van der Waals surface area contributed by atoms with Crippen molar-refractivity contribution in [3.05, 3.63) is 57.2 Å². The number of halogens is 1. The Balaban J connectivity index is 2.58. The molecular formula is C15H12IN. The van der Waals surface area contributed by atoms with Gasteiger partial charge in [0.25, 0.3) is 0 Å². The highest BCUT2D eigenvalue weighted by atomic mass is 127. The maximum absolute atomic E-state index is 9.12. The van der Waals surface area contributed by atoms with Crippen LogP contribution in [0.5, 0.6) is 0 Å². The summed E-state index contributed by atoms with van der Waals surface area (Å²) in [5, 5.41) is 9.12. The molecule has 0 aliphatic carbocycles. The van der Waals surface area contributed by atoms with Gasteiger partial charge in [-0.3, -0.25) is 0 Å². The van der Waals surface area contributed by atoms with Crippen molar-refractivity contribution >= 4 is 22.6 Å². The van der Waals surface area contributed by atoms with Crippen molar-refractivity contribution in [3.63, 3.8) is 0 Å². The van der Waals surface area contributed by atoms with Crippen LogP contribution in [0.25, 0.3) is 11.1 Å². The van der Waals surface area contributed by atoms with Gasteiger partial charge in [0, 0.05) is 9.13 Å². The third-order valence-electron chi connectivity index (χ3n) is 2.78. The molecule has 0 saturated heterocycles. The highest BCUT2D eigenvalue weighted by Crippen LogP contribution is 2.28. The summed E-state index contributed by atoms with van der Waals surface area (Å²) >= 11 is 2.34. The Kier molecular flexibility index (Phi) is 3.80. The number of benzene rings is 2. The molecular weight excluding hydrogens is 321 g/mol. The third-order valence-corrected chi connectivity index (χ3v) is 3.67. The summed E-state index contributed by atoms with van der Waals surface area (Å²) in [5.74, 6) is 0. The zero-order valence-corrected chi connectivity index (χ0v) is 11.7. The van der Waals surface area contributed by atoms with Crippen LogP contribution in [0.2, 0.25) is 0 Å². The Hall–Kier alpha value is -1.34. The second kappa shape index (κ2) is 5.33. The number of hydrogen-bond donors (Lipinski definition) is 0. The van der Waals surface area contributed by atoms with Crippen LogP contribution >= 0.6 is 22.6 Å². The lowest BCUT2D eigenvalue weighted by Gasteiger charge is -2.08. The van der Waals surface area contributed by atoms with Gasteiger partial charge in [0.2, 0.25) is 0 Å². The molecule has 0 N–H and O–H groups in total. The summed E-state index contributed by atoms with van der Waals surface area (Å²) in [6, 6.07) is 16.4. The van der Waals surface area contributed by atoms with Gasteiger partial charge in [-0.1, -0.05) is 37.3 Å². The van der Waals surface area contributed by atoms with Crippen molar-refractivity contribution < 1.29 is 0 Å². The van der Waals surface area contributed by atoms with Gasteiger partial charge in [0.05, 0.1) is 11.6 Å². The van der Waals surface area contributed by atoms with E-state index in [0.29, 0.717) is 0 Å². The molecule has 0 fully saturated rings. The molecule has 2 aromatic carbocycles. The van der Waals surface area contributed by atoms with Gasteiger partial charge in [-0.05, 0) is 52.3 Å². The number of nitrogens with zero attached hydrogens (tertiary/aromatic N) is 1. The van der Waals surface area contributed by atoms with E-state index in [1.807, 2.05) is 24.3 Å². The van der Waals surface area contributed by atoms with Crippen molar-refractivity contribution in [2.24, 2.45) is 0 Å². The van der Waals surface area contributed by atoms with Crippen LogP contribution in [0.1, 0.15) is 18.1 Å². The van der Waals surface area contributed by atoms with Gasteiger partial charge in [0.1, 0.15) is 0 Å². The molecule has 0 spiro atoms. The fourth-order valence-electron chi connectivity index (χ4n) is 1.81. The number of hydrogen-bond acceptors (Lipinski definition) is 1. The first-order valence-electron chi connectivity index (χ1n) is 5.54. The Morgan fingerprint density at radius 3 is 2.53 bits per heavy atom. The summed E-state index contributed by atoms with van der Waals surface area (Å²) in [4.78, 5) is 0. The molecule has 2 aromatic rings. The molecule has 1 nitrogen and oxygen atoms in total. The quantitative estimate of drug-likeness (QED) is 0.748. The molecule has 0 bridgehead atoms. The molecule has 17 heavy (non-hydrogen) atoms. The maximum Gasteiger partial charge on any atom is 0.0998 e. The minimum atomic E-state index is 0.731. The predicted octanol–water partition coefficient (Wildman–Crippen LogP) is 4.39. The van der Waals surface area contributed by atoms with Crippen molar-refractivity contribution in [2.45, 2.75) is 13.3 Å². The molecule has 0 aromatic heterocycles. The number of nitriles is 1. The minimum Gasteiger partial charge on any atom is -0.192 e. The van der Waals surface area contributed by atoms with E-state index in [9.17, 15) is 0 Å². The highest BCUT2D eigenvalue weighted by Gasteiger charge is 2.07. The van der Waals surface area contributed by atoms with Crippen LogP contribution in [-0.4, -0.2) is 0 Å². The Labute approximate surface area is 115 Å². The van der Waals surface area contributed by atoms with Crippen molar-refractivity contribution in [1.82, 2.24) is 0 Å². The van der Waals surface area contributed by atoms with E-state index in [1.54, 1.807) is 0 Å². The van der Waals surface area contributed by atoms with Gasteiger partial charge in [0.15, 0.2) is 0 Å². The lowest BCUT2D eigenvalue weighted by Crippen LogP contribution is -1.89. The lowest BCUT2D eigenvalue weighted by molar-refractivity contribution is 1.14. The molecule has 0 heterocycles. The first kappa shape index (κ1) is 12.1. The van der Waals surface area contributed by atoms with Crippen molar-refractivity contribution in [3.8, 4) is 17.2 Å². The van der Waals surface area contributed by atoms with Crippen LogP contribution < -0.4 is 0 Å². The molecule has 0 aliphatic heterocycles. The fourth-order valence-corrected chi connectivity index (χ4v) is 2.68. The minimum absolute atomic E-state index is 0.731. The van der Waals surface area contributed by atoms with Crippen LogP contribution in [0.4, 0.5) is 0 Å². The van der Waals surface area contributed by atoms with E-state index in [1.165, 1.54) is 9.13 Å². The second-order valence-electron chi connectivity index (χ2n) is 3.83. The molecule has 84 valence electrons. The number of rotatable bonds is 2. The van der Waals surface area contributed by atoms with Gasteiger partial charge >= 0.3 is 0 Å². The first-order valence-corrected chi connectivity index (χ1v) is 6.62. The topological polar surface area (TPSA) is 23.8 Å².